The lowest BCUT2D eigenvalue weighted by Gasteiger charge is -2.05. The number of carboxylic acids is 1. The number of rotatable bonds is 6. The number of nitrogens with one attached hydrogen (secondary N) is 2. The monoisotopic (exact) mass is 410 g/mol. The molecule has 4 rings (SSSR count). The van der Waals surface area contributed by atoms with Crippen molar-refractivity contribution in [3.05, 3.63) is 70.3 Å². The lowest BCUT2D eigenvalue weighted by molar-refractivity contribution is -0.255. The van der Waals surface area contributed by atoms with Crippen LogP contribution in [0.15, 0.2) is 57.7 Å². The van der Waals surface area contributed by atoms with Crippen molar-refractivity contribution in [1.29, 1.82) is 0 Å². The third kappa shape index (κ3) is 4.02. The first-order valence-electron chi connectivity index (χ1n) is 8.11. The van der Waals surface area contributed by atoms with Crippen molar-refractivity contribution >= 4 is 50.8 Å². The molecule has 8 nitrogen and oxygen atoms in total. The van der Waals surface area contributed by atoms with Crippen molar-refractivity contribution in [2.24, 2.45) is 0 Å². The van der Waals surface area contributed by atoms with Crippen LogP contribution in [-0.2, 0) is 5.75 Å². The van der Waals surface area contributed by atoms with E-state index >= 15 is 0 Å². The number of aromatic amines is 1. The van der Waals surface area contributed by atoms with E-state index in [1.54, 1.807) is 0 Å². The van der Waals surface area contributed by atoms with Crippen LogP contribution in [0.3, 0.4) is 0 Å². The van der Waals surface area contributed by atoms with Crippen molar-refractivity contribution in [2.45, 2.75) is 10.1 Å². The smallest absolute Gasteiger partial charge is 0.258 e. The summed E-state index contributed by atoms with van der Waals surface area (Å²) >= 11 is 2.76. The summed E-state index contributed by atoms with van der Waals surface area (Å²) in [6.07, 6.45) is 0. The minimum absolute atomic E-state index is 0.0232. The quantitative estimate of drug-likeness (QED) is 0.464. The van der Waals surface area contributed by atoms with E-state index in [9.17, 15) is 14.7 Å². The average Bonchev–Trinajstić information content (AvgIpc) is 3.14. The number of H-pyrrole nitrogens is 1. The van der Waals surface area contributed by atoms with Crippen molar-refractivity contribution in [3.8, 4) is 0 Å². The molecule has 0 bridgehead atoms. The molecule has 0 spiro atoms. The molecule has 0 saturated heterocycles. The molecular formula is C18H12N5O3S2-. The van der Waals surface area contributed by atoms with Crippen molar-refractivity contribution < 1.29 is 9.90 Å². The maximum atomic E-state index is 12.2. The highest BCUT2D eigenvalue weighted by Gasteiger charge is 2.09. The molecule has 0 unspecified atom stereocenters. The van der Waals surface area contributed by atoms with Gasteiger partial charge in [0.2, 0.25) is 5.13 Å². The van der Waals surface area contributed by atoms with Crippen LogP contribution < -0.4 is 16.0 Å². The van der Waals surface area contributed by atoms with E-state index in [4.69, 9.17) is 0 Å². The van der Waals surface area contributed by atoms with Gasteiger partial charge >= 0.3 is 0 Å². The molecule has 4 aromatic rings. The fourth-order valence-corrected chi connectivity index (χ4v) is 4.12. The average molecular weight is 410 g/mol. The highest BCUT2D eigenvalue weighted by molar-refractivity contribution is 8.00. The Balaban J connectivity index is 1.49. The van der Waals surface area contributed by atoms with E-state index in [0.717, 1.165) is 5.69 Å². The summed E-state index contributed by atoms with van der Waals surface area (Å²) in [5.41, 5.74) is 0.878. The van der Waals surface area contributed by atoms with Crippen LogP contribution in [0.25, 0.3) is 10.9 Å². The molecule has 28 heavy (non-hydrogen) atoms. The van der Waals surface area contributed by atoms with Crippen LogP contribution in [0.1, 0.15) is 16.2 Å². The van der Waals surface area contributed by atoms with E-state index < -0.39 is 5.97 Å². The first-order chi connectivity index (χ1) is 13.6. The third-order valence-electron chi connectivity index (χ3n) is 3.76. The van der Waals surface area contributed by atoms with E-state index in [1.165, 1.54) is 41.3 Å². The zero-order chi connectivity index (χ0) is 19.5. The lowest BCUT2D eigenvalue weighted by Crippen LogP contribution is -2.22. The predicted octanol–water partition coefficient (Wildman–Crippen LogP) is 2.17. The predicted molar refractivity (Wildman–Crippen MR) is 106 cm³/mol. The fraction of sp³-hybridized carbons (Fsp3) is 0.0556. The normalized spacial score (nSPS) is 10.9. The zero-order valence-corrected chi connectivity index (χ0v) is 15.8. The molecule has 2 aromatic heterocycles. The van der Waals surface area contributed by atoms with Gasteiger partial charge in [-0.15, -0.1) is 10.2 Å². The molecule has 2 heterocycles. The standard InChI is InChI=1S/C18H13N5O3S2/c24-15-12-7-6-10(16(25)26)8-13(12)20-14(21-15)9-27-18-23-22-17(28-18)19-11-4-2-1-3-5-11/h1-8H,9H2,(H,19,22)(H,25,26)(H,20,21,24)/p-1. The number of benzene rings is 2. The molecule has 10 heteroatoms. The highest BCUT2D eigenvalue weighted by atomic mass is 32.2. The van der Waals surface area contributed by atoms with Gasteiger partial charge in [0.05, 0.1) is 22.6 Å². The first-order valence-corrected chi connectivity index (χ1v) is 9.91. The largest absolute Gasteiger partial charge is 0.545 e. The Hall–Kier alpha value is -3.24. The van der Waals surface area contributed by atoms with Crippen LogP contribution >= 0.6 is 23.1 Å². The minimum Gasteiger partial charge on any atom is -0.545 e. The molecule has 0 amide bonds. The molecule has 0 aliphatic heterocycles. The minimum atomic E-state index is -1.31. The lowest BCUT2D eigenvalue weighted by atomic mass is 10.1. The van der Waals surface area contributed by atoms with E-state index in [1.807, 2.05) is 30.3 Å². The summed E-state index contributed by atoms with van der Waals surface area (Å²) in [7, 11) is 0. The van der Waals surface area contributed by atoms with Gasteiger partial charge in [0, 0.05) is 5.69 Å². The third-order valence-corrected chi connectivity index (χ3v) is 5.74. The molecule has 140 valence electrons. The maximum absolute atomic E-state index is 12.2. The topological polar surface area (TPSA) is 124 Å². The Morgan fingerprint density at radius 2 is 2.00 bits per heavy atom. The van der Waals surface area contributed by atoms with E-state index in [0.29, 0.717) is 32.0 Å². The number of aromatic nitrogens is 4. The van der Waals surface area contributed by atoms with Crippen LogP contribution in [0, 0.1) is 0 Å². The van der Waals surface area contributed by atoms with Gasteiger partial charge < -0.3 is 20.2 Å². The van der Waals surface area contributed by atoms with Crippen LogP contribution in [0.4, 0.5) is 10.8 Å². The molecule has 2 N–H and O–H groups in total. The van der Waals surface area contributed by atoms with Gasteiger partial charge in [-0.25, -0.2) is 4.98 Å². The summed E-state index contributed by atoms with van der Waals surface area (Å²) in [6.45, 7) is 0. The molecule has 0 aliphatic carbocycles. The van der Waals surface area contributed by atoms with E-state index in [-0.39, 0.29) is 11.1 Å². The van der Waals surface area contributed by atoms with Gasteiger partial charge in [0.15, 0.2) is 4.34 Å². The number of anilines is 2. The van der Waals surface area contributed by atoms with Gasteiger partial charge in [0.25, 0.3) is 5.56 Å². The number of hydrogen-bond acceptors (Lipinski definition) is 9. The fourth-order valence-electron chi connectivity index (χ4n) is 2.48. The molecule has 0 saturated carbocycles. The van der Waals surface area contributed by atoms with Crippen molar-refractivity contribution in [3.63, 3.8) is 0 Å². The number of carboxylic acid groups (broad SMARTS) is 1. The number of fused-ring (bicyclic) bond motifs is 1. The number of nitrogens with zero attached hydrogens (tertiary/aromatic N) is 3. The number of aromatic carboxylic acids is 1. The molecule has 0 atom stereocenters. The molecule has 2 aromatic carbocycles. The summed E-state index contributed by atoms with van der Waals surface area (Å²) in [6, 6.07) is 13.7. The second-order valence-corrected chi connectivity index (χ2v) is 7.88. The zero-order valence-electron chi connectivity index (χ0n) is 14.2. The van der Waals surface area contributed by atoms with Gasteiger partial charge in [-0.2, -0.15) is 0 Å². The molecule has 0 radical (unpaired) electrons. The van der Waals surface area contributed by atoms with Gasteiger partial charge in [0.1, 0.15) is 5.82 Å². The Morgan fingerprint density at radius 3 is 2.79 bits per heavy atom. The van der Waals surface area contributed by atoms with E-state index in [2.05, 4.69) is 25.5 Å². The highest BCUT2D eigenvalue weighted by Crippen LogP contribution is 2.29. The summed E-state index contributed by atoms with van der Waals surface area (Å²) < 4.78 is 0.713. The number of carbonyl (C=O) groups excluding carboxylic acids is 1. The Labute approximate surface area is 166 Å². The summed E-state index contributed by atoms with van der Waals surface area (Å²) in [4.78, 5) is 30.3. The van der Waals surface area contributed by atoms with Gasteiger partial charge in [-0.3, -0.25) is 4.79 Å². The number of hydrogen-bond donors (Lipinski definition) is 2. The number of para-hydroxylation sites is 1. The summed E-state index contributed by atoms with van der Waals surface area (Å²) in [5.74, 6) is -0.529. The first kappa shape index (κ1) is 18.1. The van der Waals surface area contributed by atoms with Crippen LogP contribution in [-0.4, -0.2) is 26.1 Å². The second kappa shape index (κ2) is 7.79. The van der Waals surface area contributed by atoms with Crippen molar-refractivity contribution in [2.75, 3.05) is 5.32 Å². The van der Waals surface area contributed by atoms with Crippen LogP contribution in [0.5, 0.6) is 0 Å². The number of thioether (sulfide) groups is 1. The maximum Gasteiger partial charge on any atom is 0.258 e. The Kier molecular flexibility index (Phi) is 5.04. The second-order valence-electron chi connectivity index (χ2n) is 5.68. The molecular weight excluding hydrogens is 398 g/mol. The van der Waals surface area contributed by atoms with Gasteiger partial charge in [-0.05, 0) is 29.8 Å². The molecule has 0 aliphatic rings. The Morgan fingerprint density at radius 1 is 1.18 bits per heavy atom. The SMILES string of the molecule is O=C([O-])c1ccc2c(=O)[nH]c(CSc3nnc(Nc4ccccc4)s3)nc2c1. The summed E-state index contributed by atoms with van der Waals surface area (Å²) in [5, 5.41) is 23.4. The molecule has 0 fully saturated rings. The number of carbonyl (C=O) groups is 1. The van der Waals surface area contributed by atoms with Crippen LogP contribution in [0.2, 0.25) is 0 Å². The van der Waals surface area contributed by atoms with Crippen molar-refractivity contribution in [1.82, 2.24) is 20.2 Å². The Bertz CT molecular complexity index is 1210. The van der Waals surface area contributed by atoms with Gasteiger partial charge in [-0.1, -0.05) is 47.4 Å².